The topological polar surface area (TPSA) is 97.0 Å². The van der Waals surface area contributed by atoms with Gasteiger partial charge in [-0.3, -0.25) is 19.3 Å². The first-order valence-electron chi connectivity index (χ1n) is 11.0. The summed E-state index contributed by atoms with van der Waals surface area (Å²) in [7, 11) is 3.04. The van der Waals surface area contributed by atoms with E-state index >= 15 is 0 Å². The van der Waals surface area contributed by atoms with Crippen molar-refractivity contribution in [3.8, 4) is 11.5 Å². The zero-order chi connectivity index (χ0) is 25.8. The van der Waals surface area contributed by atoms with Crippen LogP contribution in [0.1, 0.15) is 21.5 Å². The lowest BCUT2D eigenvalue weighted by atomic mass is 10.1. The Morgan fingerprint density at radius 1 is 0.917 bits per heavy atom. The predicted molar refractivity (Wildman–Crippen MR) is 137 cm³/mol. The zero-order valence-electron chi connectivity index (χ0n) is 19.9. The van der Waals surface area contributed by atoms with Crippen LogP contribution in [-0.2, 0) is 16.1 Å². The summed E-state index contributed by atoms with van der Waals surface area (Å²) in [4.78, 5) is 39.8. The second-order valence-corrected chi connectivity index (χ2v) is 8.42. The Hall–Kier alpha value is -4.30. The fourth-order valence-corrected chi connectivity index (χ4v) is 3.92. The summed E-state index contributed by atoms with van der Waals surface area (Å²) in [5.74, 6) is -0.467. The molecular weight excluding hydrogens is 482 g/mol. The van der Waals surface area contributed by atoms with Gasteiger partial charge in [0.15, 0.2) is 0 Å². The van der Waals surface area contributed by atoms with Gasteiger partial charge >= 0.3 is 0 Å². The van der Waals surface area contributed by atoms with Crippen molar-refractivity contribution in [2.75, 3.05) is 24.9 Å². The van der Waals surface area contributed by atoms with Crippen molar-refractivity contribution >= 4 is 40.7 Å². The maximum absolute atomic E-state index is 13.0. The van der Waals surface area contributed by atoms with Crippen LogP contribution < -0.4 is 20.1 Å². The molecule has 0 saturated carbocycles. The molecule has 8 nitrogen and oxygen atoms in total. The number of carbonyl (C=O) groups is 3. The van der Waals surface area contributed by atoms with Crippen molar-refractivity contribution < 1.29 is 23.9 Å². The highest BCUT2D eigenvalue weighted by molar-refractivity contribution is 6.48. The average Bonchev–Trinajstić information content (AvgIpc) is 3.09. The van der Waals surface area contributed by atoms with Gasteiger partial charge in [-0.05, 0) is 42.3 Å². The Kier molecular flexibility index (Phi) is 7.26. The minimum absolute atomic E-state index is 0.0323. The number of hydrogen-bond donors (Lipinski definition) is 2. The molecule has 2 N–H and O–H groups in total. The van der Waals surface area contributed by atoms with E-state index in [1.807, 2.05) is 37.3 Å². The monoisotopic (exact) mass is 505 g/mol. The molecule has 0 atom stereocenters. The normalized spacial score (nSPS) is 13.2. The summed E-state index contributed by atoms with van der Waals surface area (Å²) in [5.41, 5.74) is 2.80. The van der Waals surface area contributed by atoms with Gasteiger partial charge in [-0.1, -0.05) is 48.0 Å². The van der Waals surface area contributed by atoms with Gasteiger partial charge in [0.25, 0.3) is 17.7 Å². The fraction of sp³-hybridized carbons (Fsp3) is 0.148. The predicted octanol–water partition coefficient (Wildman–Crippen LogP) is 4.70. The fourth-order valence-electron chi connectivity index (χ4n) is 3.69. The number of nitrogens with one attached hydrogen (secondary N) is 2. The molecule has 1 heterocycles. The SMILES string of the molecule is COc1ccc(NC(=O)c2ccc(C)c(NC3=C(Cl)C(=O)N(Cc4ccccc4)C3=O)c2)c(OC)c1. The maximum Gasteiger partial charge on any atom is 0.279 e. The number of amides is 3. The van der Waals surface area contributed by atoms with Gasteiger partial charge in [0.2, 0.25) is 0 Å². The maximum atomic E-state index is 13.0. The molecule has 4 rings (SSSR count). The first kappa shape index (κ1) is 24.8. The van der Waals surface area contributed by atoms with Gasteiger partial charge in [-0.15, -0.1) is 0 Å². The summed E-state index contributed by atoms with van der Waals surface area (Å²) in [6.07, 6.45) is 0. The van der Waals surface area contributed by atoms with E-state index in [4.69, 9.17) is 21.1 Å². The van der Waals surface area contributed by atoms with E-state index in [9.17, 15) is 14.4 Å². The van der Waals surface area contributed by atoms with Crippen LogP contribution in [0.2, 0.25) is 0 Å². The third kappa shape index (κ3) is 5.04. The molecule has 0 spiro atoms. The lowest BCUT2D eigenvalue weighted by Crippen LogP contribution is -2.31. The van der Waals surface area contributed by atoms with Crippen LogP contribution in [0.3, 0.4) is 0 Å². The lowest BCUT2D eigenvalue weighted by Gasteiger charge is -2.16. The molecule has 3 aromatic carbocycles. The minimum atomic E-state index is -0.578. The third-order valence-electron chi connectivity index (χ3n) is 5.71. The van der Waals surface area contributed by atoms with Crippen LogP contribution >= 0.6 is 11.6 Å². The van der Waals surface area contributed by atoms with Crippen LogP contribution in [0.25, 0.3) is 0 Å². The zero-order valence-corrected chi connectivity index (χ0v) is 20.7. The van der Waals surface area contributed by atoms with E-state index in [0.717, 1.165) is 16.0 Å². The molecule has 0 radical (unpaired) electrons. The molecule has 0 fully saturated rings. The molecule has 3 amide bonds. The molecule has 0 aromatic heterocycles. The molecule has 9 heteroatoms. The standard InChI is InChI=1S/C27H24ClN3O5/c1-16-9-10-18(25(32)30-20-12-11-19(35-2)14-22(20)36-3)13-21(16)29-24-23(28)26(33)31(27(24)34)15-17-7-5-4-6-8-17/h4-14,29H,15H2,1-3H3,(H,30,32). The van der Waals surface area contributed by atoms with Crippen molar-refractivity contribution in [1.82, 2.24) is 4.90 Å². The van der Waals surface area contributed by atoms with Gasteiger partial charge < -0.3 is 20.1 Å². The number of rotatable bonds is 8. The number of halogens is 1. The number of nitrogens with zero attached hydrogens (tertiary/aromatic N) is 1. The number of hydrogen-bond acceptors (Lipinski definition) is 6. The van der Waals surface area contributed by atoms with Gasteiger partial charge in [0.1, 0.15) is 22.2 Å². The molecule has 0 aliphatic carbocycles. The Balaban J connectivity index is 1.54. The molecule has 36 heavy (non-hydrogen) atoms. The van der Waals surface area contributed by atoms with Gasteiger partial charge in [0.05, 0.1) is 26.5 Å². The second kappa shape index (κ2) is 10.5. The summed E-state index contributed by atoms with van der Waals surface area (Å²) in [6.45, 7) is 1.92. The lowest BCUT2D eigenvalue weighted by molar-refractivity contribution is -0.138. The van der Waals surface area contributed by atoms with Crippen LogP contribution in [-0.4, -0.2) is 36.8 Å². The second-order valence-electron chi connectivity index (χ2n) is 8.05. The Labute approximate surface area is 213 Å². The molecule has 1 aliphatic heterocycles. The first-order chi connectivity index (χ1) is 17.3. The number of methoxy groups -OCH3 is 2. The summed E-state index contributed by atoms with van der Waals surface area (Å²) < 4.78 is 10.5. The summed E-state index contributed by atoms with van der Waals surface area (Å²) >= 11 is 6.26. The van der Waals surface area contributed by atoms with Gasteiger partial charge in [0, 0.05) is 17.3 Å². The van der Waals surface area contributed by atoms with Crippen molar-refractivity contribution in [3.63, 3.8) is 0 Å². The van der Waals surface area contributed by atoms with Crippen LogP contribution in [0, 0.1) is 6.92 Å². The van der Waals surface area contributed by atoms with Crippen molar-refractivity contribution in [2.24, 2.45) is 0 Å². The highest BCUT2D eigenvalue weighted by Gasteiger charge is 2.38. The van der Waals surface area contributed by atoms with Crippen molar-refractivity contribution in [2.45, 2.75) is 13.5 Å². The van der Waals surface area contributed by atoms with Gasteiger partial charge in [-0.2, -0.15) is 0 Å². The van der Waals surface area contributed by atoms with Crippen LogP contribution in [0.4, 0.5) is 11.4 Å². The summed E-state index contributed by atoms with van der Waals surface area (Å²) in [5, 5.41) is 5.58. The smallest absolute Gasteiger partial charge is 0.279 e. The highest BCUT2D eigenvalue weighted by Crippen LogP contribution is 2.31. The molecule has 184 valence electrons. The largest absolute Gasteiger partial charge is 0.497 e. The number of anilines is 2. The first-order valence-corrected chi connectivity index (χ1v) is 11.4. The van der Waals surface area contributed by atoms with Crippen molar-refractivity contribution in [3.05, 3.63) is 94.1 Å². The Morgan fingerprint density at radius 2 is 1.67 bits per heavy atom. The molecule has 0 bridgehead atoms. The molecule has 1 aliphatic rings. The van der Waals surface area contributed by atoms with Gasteiger partial charge in [-0.25, -0.2) is 0 Å². The molecular formula is C27H24ClN3O5. The number of imide groups is 1. The van der Waals surface area contributed by atoms with E-state index in [0.29, 0.717) is 28.4 Å². The minimum Gasteiger partial charge on any atom is -0.497 e. The molecule has 0 saturated heterocycles. The molecule has 0 unspecified atom stereocenters. The summed E-state index contributed by atoms with van der Waals surface area (Å²) in [6, 6.07) is 19.2. The average molecular weight is 506 g/mol. The van der Waals surface area contributed by atoms with Crippen LogP contribution in [0.15, 0.2) is 77.5 Å². The highest BCUT2D eigenvalue weighted by atomic mass is 35.5. The van der Waals surface area contributed by atoms with E-state index in [1.165, 1.54) is 7.11 Å². The van der Waals surface area contributed by atoms with Crippen LogP contribution in [0.5, 0.6) is 11.5 Å². The van der Waals surface area contributed by atoms with E-state index in [2.05, 4.69) is 10.6 Å². The number of aryl methyl sites for hydroxylation is 1. The Bertz CT molecular complexity index is 1370. The number of ether oxygens (including phenoxy) is 2. The Morgan fingerprint density at radius 3 is 2.36 bits per heavy atom. The number of benzene rings is 3. The van der Waals surface area contributed by atoms with E-state index < -0.39 is 11.8 Å². The van der Waals surface area contributed by atoms with E-state index in [1.54, 1.807) is 43.5 Å². The van der Waals surface area contributed by atoms with Crippen molar-refractivity contribution in [1.29, 1.82) is 0 Å². The number of carbonyl (C=O) groups excluding carboxylic acids is 3. The quantitative estimate of drug-likeness (QED) is 0.431. The van der Waals surface area contributed by atoms with E-state index in [-0.39, 0.29) is 23.2 Å². The molecule has 3 aromatic rings. The third-order valence-corrected chi connectivity index (χ3v) is 6.06.